The topological polar surface area (TPSA) is 41.9 Å². The van der Waals surface area contributed by atoms with Gasteiger partial charge in [0.1, 0.15) is 0 Å². The molecule has 0 bridgehead atoms. The molecule has 0 amide bonds. The SMILES string of the molecule is CCOCC(O)CN1CCC(OCC(C)C)CC1. The zero-order valence-corrected chi connectivity index (χ0v) is 12.1. The summed E-state index contributed by atoms with van der Waals surface area (Å²) in [4.78, 5) is 2.30. The van der Waals surface area contributed by atoms with Crippen LogP contribution in [0.25, 0.3) is 0 Å². The molecule has 1 aliphatic rings. The maximum absolute atomic E-state index is 9.78. The van der Waals surface area contributed by atoms with Crippen LogP contribution < -0.4 is 0 Å². The van der Waals surface area contributed by atoms with E-state index in [2.05, 4.69) is 18.7 Å². The maximum atomic E-state index is 9.78. The van der Waals surface area contributed by atoms with Gasteiger partial charge in [0.15, 0.2) is 0 Å². The fraction of sp³-hybridized carbons (Fsp3) is 1.00. The van der Waals surface area contributed by atoms with Crippen LogP contribution in [-0.4, -0.2) is 61.7 Å². The summed E-state index contributed by atoms with van der Waals surface area (Å²) in [5.74, 6) is 0.607. The number of β-amino-alcohol motifs (C(OH)–C–C–N with tert-alkyl or cyclic N) is 1. The lowest BCUT2D eigenvalue weighted by molar-refractivity contribution is -0.0227. The Balaban J connectivity index is 2.11. The third-order valence-corrected chi connectivity index (χ3v) is 3.18. The maximum Gasteiger partial charge on any atom is 0.0900 e. The predicted molar refractivity (Wildman–Crippen MR) is 72.8 cm³/mol. The van der Waals surface area contributed by atoms with Gasteiger partial charge in [0, 0.05) is 32.8 Å². The van der Waals surface area contributed by atoms with Gasteiger partial charge in [0.25, 0.3) is 0 Å². The zero-order valence-electron chi connectivity index (χ0n) is 12.1. The van der Waals surface area contributed by atoms with E-state index in [0.29, 0.717) is 25.2 Å². The van der Waals surface area contributed by atoms with Crippen molar-refractivity contribution in [1.29, 1.82) is 0 Å². The first-order valence-electron chi connectivity index (χ1n) is 7.21. The third-order valence-electron chi connectivity index (χ3n) is 3.18. The van der Waals surface area contributed by atoms with Crippen LogP contribution in [0.5, 0.6) is 0 Å². The van der Waals surface area contributed by atoms with Crippen LogP contribution >= 0.6 is 0 Å². The van der Waals surface area contributed by atoms with E-state index in [-0.39, 0.29) is 6.10 Å². The summed E-state index contributed by atoms with van der Waals surface area (Å²) in [5.41, 5.74) is 0. The Kier molecular flexibility index (Phi) is 7.82. The van der Waals surface area contributed by atoms with Gasteiger partial charge in [-0.2, -0.15) is 0 Å². The minimum absolute atomic E-state index is 0.363. The molecular weight excluding hydrogens is 230 g/mol. The van der Waals surface area contributed by atoms with Gasteiger partial charge in [-0.3, -0.25) is 0 Å². The van der Waals surface area contributed by atoms with Gasteiger partial charge in [-0.1, -0.05) is 13.8 Å². The molecule has 4 nitrogen and oxygen atoms in total. The van der Waals surface area contributed by atoms with Crippen molar-refractivity contribution in [2.45, 2.75) is 45.8 Å². The van der Waals surface area contributed by atoms with Crippen molar-refractivity contribution in [2.24, 2.45) is 5.92 Å². The quantitative estimate of drug-likeness (QED) is 0.717. The van der Waals surface area contributed by atoms with Crippen molar-refractivity contribution in [3.8, 4) is 0 Å². The minimum atomic E-state index is -0.363. The van der Waals surface area contributed by atoms with Crippen LogP contribution in [-0.2, 0) is 9.47 Å². The first-order valence-corrected chi connectivity index (χ1v) is 7.21. The molecule has 0 saturated carbocycles. The highest BCUT2D eigenvalue weighted by Crippen LogP contribution is 2.15. The molecule has 0 aromatic heterocycles. The molecule has 1 atom stereocenters. The number of rotatable bonds is 8. The Hall–Kier alpha value is -0.160. The molecule has 0 aromatic carbocycles. The van der Waals surface area contributed by atoms with E-state index >= 15 is 0 Å². The van der Waals surface area contributed by atoms with E-state index in [1.165, 1.54) is 0 Å². The summed E-state index contributed by atoms with van der Waals surface area (Å²) in [7, 11) is 0. The summed E-state index contributed by atoms with van der Waals surface area (Å²) in [6, 6.07) is 0. The largest absolute Gasteiger partial charge is 0.389 e. The van der Waals surface area contributed by atoms with E-state index in [0.717, 1.165) is 39.1 Å². The second-order valence-electron chi connectivity index (χ2n) is 5.54. The smallest absolute Gasteiger partial charge is 0.0900 e. The Morgan fingerprint density at radius 2 is 1.89 bits per heavy atom. The van der Waals surface area contributed by atoms with Crippen LogP contribution in [0.2, 0.25) is 0 Å². The van der Waals surface area contributed by atoms with Gasteiger partial charge in [-0.15, -0.1) is 0 Å². The number of likely N-dealkylation sites (tertiary alicyclic amines) is 1. The minimum Gasteiger partial charge on any atom is -0.389 e. The van der Waals surface area contributed by atoms with Crippen LogP contribution in [0.4, 0.5) is 0 Å². The number of aliphatic hydroxyl groups excluding tert-OH is 1. The van der Waals surface area contributed by atoms with Crippen molar-refractivity contribution in [1.82, 2.24) is 4.90 Å². The normalized spacial score (nSPS) is 20.5. The third kappa shape index (κ3) is 6.69. The summed E-state index contributed by atoms with van der Waals surface area (Å²) in [6.07, 6.45) is 2.20. The van der Waals surface area contributed by atoms with Gasteiger partial charge < -0.3 is 19.5 Å². The average molecular weight is 259 g/mol. The summed E-state index contributed by atoms with van der Waals surface area (Å²) < 4.78 is 11.1. The van der Waals surface area contributed by atoms with Gasteiger partial charge in [0.2, 0.25) is 0 Å². The molecular formula is C14H29NO3. The molecule has 1 fully saturated rings. The highest BCUT2D eigenvalue weighted by atomic mass is 16.5. The molecule has 1 rings (SSSR count). The lowest BCUT2D eigenvalue weighted by atomic mass is 10.1. The van der Waals surface area contributed by atoms with E-state index in [1.54, 1.807) is 0 Å². The van der Waals surface area contributed by atoms with Crippen LogP contribution in [0.15, 0.2) is 0 Å². The van der Waals surface area contributed by atoms with Crippen molar-refractivity contribution in [2.75, 3.05) is 39.5 Å². The molecule has 1 heterocycles. The Bertz CT molecular complexity index is 203. The molecule has 18 heavy (non-hydrogen) atoms. The Morgan fingerprint density at radius 1 is 1.22 bits per heavy atom. The van der Waals surface area contributed by atoms with Gasteiger partial charge >= 0.3 is 0 Å². The van der Waals surface area contributed by atoms with E-state index in [4.69, 9.17) is 9.47 Å². The van der Waals surface area contributed by atoms with E-state index in [1.807, 2.05) is 6.92 Å². The average Bonchev–Trinajstić information content (AvgIpc) is 2.35. The fourth-order valence-corrected chi connectivity index (χ4v) is 2.19. The first kappa shape index (κ1) is 15.9. The summed E-state index contributed by atoms with van der Waals surface area (Å²) in [6.45, 7) is 11.0. The number of piperidine rings is 1. The van der Waals surface area contributed by atoms with Gasteiger partial charge in [-0.25, -0.2) is 0 Å². The fourth-order valence-electron chi connectivity index (χ4n) is 2.19. The van der Waals surface area contributed by atoms with Crippen LogP contribution in [0, 0.1) is 5.92 Å². The van der Waals surface area contributed by atoms with Crippen molar-refractivity contribution in [3.63, 3.8) is 0 Å². The molecule has 0 spiro atoms. The molecule has 1 aliphatic heterocycles. The molecule has 1 saturated heterocycles. The number of hydrogen-bond donors (Lipinski definition) is 1. The highest BCUT2D eigenvalue weighted by molar-refractivity contribution is 4.74. The molecule has 4 heteroatoms. The van der Waals surface area contributed by atoms with E-state index < -0.39 is 0 Å². The first-order chi connectivity index (χ1) is 8.61. The molecule has 1 unspecified atom stereocenters. The van der Waals surface area contributed by atoms with Crippen molar-refractivity contribution >= 4 is 0 Å². The number of aliphatic hydroxyl groups is 1. The van der Waals surface area contributed by atoms with Gasteiger partial charge in [0.05, 0.1) is 18.8 Å². The van der Waals surface area contributed by atoms with Crippen molar-refractivity contribution in [3.05, 3.63) is 0 Å². The summed E-state index contributed by atoms with van der Waals surface area (Å²) in [5, 5.41) is 9.78. The zero-order chi connectivity index (χ0) is 13.4. The second kappa shape index (κ2) is 8.86. The van der Waals surface area contributed by atoms with Crippen LogP contribution in [0.3, 0.4) is 0 Å². The van der Waals surface area contributed by atoms with Crippen molar-refractivity contribution < 1.29 is 14.6 Å². The van der Waals surface area contributed by atoms with Crippen LogP contribution in [0.1, 0.15) is 33.6 Å². The predicted octanol–water partition coefficient (Wildman–Crippen LogP) is 1.52. The number of hydrogen-bond acceptors (Lipinski definition) is 4. The Morgan fingerprint density at radius 3 is 2.44 bits per heavy atom. The van der Waals surface area contributed by atoms with E-state index in [9.17, 15) is 5.11 Å². The monoisotopic (exact) mass is 259 g/mol. The molecule has 0 radical (unpaired) electrons. The molecule has 1 N–H and O–H groups in total. The number of ether oxygens (including phenoxy) is 2. The molecule has 108 valence electrons. The standard InChI is InChI=1S/C14H29NO3/c1-4-17-11-13(16)9-15-7-5-14(6-8-15)18-10-12(2)3/h12-14,16H,4-11H2,1-3H3. The molecule has 0 aromatic rings. The Labute approximate surface area is 111 Å². The number of nitrogens with zero attached hydrogens (tertiary/aromatic N) is 1. The second-order valence-corrected chi connectivity index (χ2v) is 5.54. The summed E-state index contributed by atoms with van der Waals surface area (Å²) >= 11 is 0. The highest BCUT2D eigenvalue weighted by Gasteiger charge is 2.21. The lowest BCUT2D eigenvalue weighted by Crippen LogP contribution is -2.42. The van der Waals surface area contributed by atoms with Gasteiger partial charge in [-0.05, 0) is 25.7 Å². The lowest BCUT2D eigenvalue weighted by Gasteiger charge is -2.33. The molecule has 0 aliphatic carbocycles.